The van der Waals surface area contributed by atoms with Crippen LogP contribution in [0.15, 0.2) is 23.0 Å². The fourth-order valence-corrected chi connectivity index (χ4v) is 4.75. The van der Waals surface area contributed by atoms with Gasteiger partial charge in [0.25, 0.3) is 5.56 Å². The monoisotopic (exact) mass is 529 g/mol. The van der Waals surface area contributed by atoms with Gasteiger partial charge in [0.15, 0.2) is 5.75 Å². The van der Waals surface area contributed by atoms with Crippen molar-refractivity contribution in [2.45, 2.75) is 137 Å². The SMILES string of the molecule is CCCCCCCCOc1ccc2c(OCCCCCC)c(OCCCC)c(=O)n(CCCCCC)c2c1. The third-order valence-electron chi connectivity index (χ3n) is 7.14. The zero-order valence-electron chi connectivity index (χ0n) is 25.0. The molecule has 0 bridgehead atoms. The van der Waals surface area contributed by atoms with Crippen molar-refractivity contribution in [1.82, 2.24) is 4.57 Å². The van der Waals surface area contributed by atoms with E-state index in [2.05, 4.69) is 33.8 Å². The van der Waals surface area contributed by atoms with E-state index in [1.165, 1.54) is 57.8 Å². The lowest BCUT2D eigenvalue weighted by atomic mass is 10.1. The van der Waals surface area contributed by atoms with E-state index in [1.807, 2.05) is 16.7 Å². The Hall–Kier alpha value is -2.17. The maximum Gasteiger partial charge on any atom is 0.297 e. The molecular formula is C33H55NO4. The van der Waals surface area contributed by atoms with Crippen LogP contribution in [0.3, 0.4) is 0 Å². The summed E-state index contributed by atoms with van der Waals surface area (Å²) in [5.74, 6) is 1.80. The highest BCUT2D eigenvalue weighted by Crippen LogP contribution is 2.35. The highest BCUT2D eigenvalue weighted by atomic mass is 16.5. The van der Waals surface area contributed by atoms with Crippen molar-refractivity contribution in [3.05, 3.63) is 28.6 Å². The van der Waals surface area contributed by atoms with E-state index in [0.29, 0.717) is 37.9 Å². The first kappa shape index (κ1) is 32.0. The number of ether oxygens (including phenoxy) is 3. The standard InChI is InChI=1S/C33H55NO4/c1-5-9-13-16-17-20-25-36-28-21-22-29-30(27-28)34(23-18-14-10-6-2)33(35)32(38-24-12-8-4)31(29)37-26-19-15-11-7-3/h21-22,27H,5-20,23-26H2,1-4H3. The summed E-state index contributed by atoms with van der Waals surface area (Å²) < 4.78 is 20.5. The Morgan fingerprint density at radius 2 is 1.11 bits per heavy atom. The number of pyridine rings is 1. The van der Waals surface area contributed by atoms with Crippen molar-refractivity contribution >= 4 is 10.9 Å². The van der Waals surface area contributed by atoms with E-state index in [9.17, 15) is 4.79 Å². The Morgan fingerprint density at radius 1 is 0.579 bits per heavy atom. The van der Waals surface area contributed by atoms with E-state index in [1.54, 1.807) is 0 Å². The summed E-state index contributed by atoms with van der Waals surface area (Å²) in [5, 5.41) is 0.939. The molecular weight excluding hydrogens is 474 g/mol. The minimum absolute atomic E-state index is 0.0817. The van der Waals surface area contributed by atoms with Crippen molar-refractivity contribution < 1.29 is 14.2 Å². The molecule has 0 aliphatic carbocycles. The second kappa shape index (κ2) is 19.8. The Labute approximate surface area is 232 Å². The minimum Gasteiger partial charge on any atom is -0.494 e. The first-order chi connectivity index (χ1) is 18.7. The van der Waals surface area contributed by atoms with Gasteiger partial charge in [-0.2, -0.15) is 0 Å². The van der Waals surface area contributed by atoms with E-state index in [4.69, 9.17) is 14.2 Å². The molecule has 0 saturated carbocycles. The highest BCUT2D eigenvalue weighted by Gasteiger charge is 2.20. The maximum absolute atomic E-state index is 13.8. The molecule has 1 aromatic heterocycles. The number of hydrogen-bond donors (Lipinski definition) is 0. The molecule has 38 heavy (non-hydrogen) atoms. The van der Waals surface area contributed by atoms with Crippen LogP contribution in [0, 0.1) is 0 Å². The molecule has 0 saturated heterocycles. The van der Waals surface area contributed by atoms with Crippen LogP contribution < -0.4 is 19.8 Å². The van der Waals surface area contributed by atoms with Crippen molar-refractivity contribution in [2.75, 3.05) is 19.8 Å². The van der Waals surface area contributed by atoms with Gasteiger partial charge in [0.2, 0.25) is 5.75 Å². The topological polar surface area (TPSA) is 49.7 Å². The maximum atomic E-state index is 13.8. The smallest absolute Gasteiger partial charge is 0.297 e. The number of hydrogen-bond acceptors (Lipinski definition) is 4. The molecule has 1 heterocycles. The van der Waals surface area contributed by atoms with Gasteiger partial charge in [0, 0.05) is 18.0 Å². The van der Waals surface area contributed by atoms with Crippen LogP contribution in [0.2, 0.25) is 0 Å². The average molecular weight is 530 g/mol. The lowest BCUT2D eigenvalue weighted by molar-refractivity contribution is 0.258. The molecule has 2 aromatic rings. The van der Waals surface area contributed by atoms with E-state index >= 15 is 0 Å². The van der Waals surface area contributed by atoms with Gasteiger partial charge in [-0.1, -0.05) is 105 Å². The first-order valence-electron chi connectivity index (χ1n) is 15.8. The zero-order chi connectivity index (χ0) is 27.4. The average Bonchev–Trinajstić information content (AvgIpc) is 2.93. The second-order valence-corrected chi connectivity index (χ2v) is 10.6. The molecule has 0 aliphatic rings. The Bertz CT molecular complexity index is 952. The molecule has 0 spiro atoms. The number of benzene rings is 1. The molecule has 2 rings (SSSR count). The summed E-state index contributed by atoms with van der Waals surface area (Å²) in [7, 11) is 0. The molecule has 0 fully saturated rings. The lowest BCUT2D eigenvalue weighted by Crippen LogP contribution is -2.24. The molecule has 0 unspecified atom stereocenters. The summed E-state index contributed by atoms with van der Waals surface area (Å²) >= 11 is 0. The van der Waals surface area contributed by atoms with Gasteiger partial charge < -0.3 is 18.8 Å². The van der Waals surface area contributed by atoms with Crippen molar-refractivity contribution in [2.24, 2.45) is 0 Å². The van der Waals surface area contributed by atoms with E-state index in [0.717, 1.165) is 61.6 Å². The minimum atomic E-state index is -0.0817. The summed E-state index contributed by atoms with van der Waals surface area (Å²) in [6.45, 7) is 11.3. The van der Waals surface area contributed by atoms with Crippen LogP contribution >= 0.6 is 0 Å². The van der Waals surface area contributed by atoms with Crippen LogP contribution in [0.25, 0.3) is 10.9 Å². The molecule has 216 valence electrons. The first-order valence-corrected chi connectivity index (χ1v) is 15.8. The molecule has 1 aromatic carbocycles. The van der Waals surface area contributed by atoms with E-state index in [-0.39, 0.29) is 5.56 Å². The zero-order valence-corrected chi connectivity index (χ0v) is 25.0. The quantitative estimate of drug-likeness (QED) is 0.135. The van der Waals surface area contributed by atoms with Crippen LogP contribution in [0.4, 0.5) is 0 Å². The molecule has 5 nitrogen and oxygen atoms in total. The summed E-state index contributed by atoms with van der Waals surface area (Å²) in [5.41, 5.74) is 0.806. The molecule has 5 heteroatoms. The molecule has 0 amide bonds. The van der Waals surface area contributed by atoms with Gasteiger partial charge in [0.1, 0.15) is 5.75 Å². The van der Waals surface area contributed by atoms with Crippen LogP contribution in [-0.2, 0) is 6.54 Å². The van der Waals surface area contributed by atoms with Gasteiger partial charge >= 0.3 is 0 Å². The van der Waals surface area contributed by atoms with Gasteiger partial charge in [-0.05, 0) is 37.8 Å². The molecule has 0 N–H and O–H groups in total. The Kier molecular flexibility index (Phi) is 16.7. The van der Waals surface area contributed by atoms with Crippen LogP contribution in [0.1, 0.15) is 130 Å². The number of rotatable bonds is 23. The summed E-state index contributed by atoms with van der Waals surface area (Å²) in [6.07, 6.45) is 18.3. The second-order valence-electron chi connectivity index (χ2n) is 10.6. The van der Waals surface area contributed by atoms with Gasteiger partial charge in [0.05, 0.1) is 25.3 Å². The number of nitrogens with zero attached hydrogens (tertiary/aromatic N) is 1. The summed E-state index contributed by atoms with van der Waals surface area (Å²) in [6, 6.07) is 6.11. The third-order valence-corrected chi connectivity index (χ3v) is 7.14. The predicted molar refractivity (Wildman–Crippen MR) is 161 cm³/mol. The highest BCUT2D eigenvalue weighted by molar-refractivity contribution is 5.89. The van der Waals surface area contributed by atoms with E-state index < -0.39 is 0 Å². The largest absolute Gasteiger partial charge is 0.494 e. The van der Waals surface area contributed by atoms with Crippen molar-refractivity contribution in [1.29, 1.82) is 0 Å². The number of aromatic nitrogens is 1. The fraction of sp³-hybridized carbons (Fsp3) is 0.727. The predicted octanol–water partition coefficient (Wildman–Crippen LogP) is 9.46. The number of aryl methyl sites for hydroxylation is 1. The van der Waals surface area contributed by atoms with Gasteiger partial charge in [-0.15, -0.1) is 0 Å². The Balaban J connectivity index is 2.34. The molecule has 0 radical (unpaired) electrons. The van der Waals surface area contributed by atoms with Crippen molar-refractivity contribution in [3.63, 3.8) is 0 Å². The third kappa shape index (κ3) is 10.9. The normalized spacial score (nSPS) is 11.3. The van der Waals surface area contributed by atoms with Crippen LogP contribution in [-0.4, -0.2) is 24.4 Å². The van der Waals surface area contributed by atoms with Gasteiger partial charge in [-0.25, -0.2) is 0 Å². The van der Waals surface area contributed by atoms with Crippen LogP contribution in [0.5, 0.6) is 17.2 Å². The van der Waals surface area contributed by atoms with Gasteiger partial charge in [-0.3, -0.25) is 4.79 Å². The lowest BCUT2D eigenvalue weighted by Gasteiger charge is -2.19. The number of fused-ring (bicyclic) bond motifs is 1. The number of unbranched alkanes of at least 4 members (excludes halogenated alkanes) is 12. The molecule has 0 aliphatic heterocycles. The Morgan fingerprint density at radius 3 is 1.79 bits per heavy atom. The summed E-state index contributed by atoms with van der Waals surface area (Å²) in [4.78, 5) is 13.8. The molecule has 0 atom stereocenters. The fourth-order valence-electron chi connectivity index (χ4n) is 4.75. The van der Waals surface area contributed by atoms with Crippen molar-refractivity contribution in [3.8, 4) is 17.2 Å².